The number of ether oxygens (including phenoxy) is 1. The van der Waals surface area contributed by atoms with Gasteiger partial charge in [0.15, 0.2) is 5.75 Å². The van der Waals surface area contributed by atoms with Crippen molar-refractivity contribution < 1.29 is 4.74 Å². The van der Waals surface area contributed by atoms with Gasteiger partial charge in [-0.3, -0.25) is 9.59 Å². The minimum atomic E-state index is -0.523. The van der Waals surface area contributed by atoms with E-state index in [0.717, 1.165) is 0 Å². The molecule has 0 aliphatic rings. The zero-order chi connectivity index (χ0) is 12.5. The molecule has 0 spiro atoms. The predicted octanol–water partition coefficient (Wildman–Crippen LogP) is 1.53. The van der Waals surface area contributed by atoms with Gasteiger partial charge in [0.25, 0.3) is 10.9 Å². The Morgan fingerprint density at radius 3 is 2.25 bits per heavy atom. The number of hydrogen-bond donors (Lipinski definition) is 1. The maximum atomic E-state index is 11.4. The summed E-state index contributed by atoms with van der Waals surface area (Å²) < 4.78 is 5.13. The lowest BCUT2D eigenvalue weighted by Gasteiger charge is -2.29. The number of hydrogen-bond acceptors (Lipinski definition) is 4. The number of anilines is 1. The van der Waals surface area contributed by atoms with Crippen LogP contribution in [0.1, 0.15) is 34.6 Å². The minimum absolute atomic E-state index is 0.0171. The molecular formula is C12H19NO3. The van der Waals surface area contributed by atoms with Crippen LogP contribution in [0.3, 0.4) is 0 Å². The van der Waals surface area contributed by atoms with Gasteiger partial charge in [0.05, 0.1) is 6.61 Å². The first kappa shape index (κ1) is 12.7. The second-order valence-corrected chi connectivity index (χ2v) is 5.03. The first-order chi connectivity index (χ1) is 7.29. The molecule has 0 unspecified atom stereocenters. The first-order valence-electron chi connectivity index (χ1n) is 5.51. The molecule has 1 aromatic rings. The van der Waals surface area contributed by atoms with Gasteiger partial charge in [-0.2, -0.15) is 0 Å². The summed E-state index contributed by atoms with van der Waals surface area (Å²) in [4.78, 5) is 22.6. The van der Waals surface area contributed by atoms with Crippen molar-refractivity contribution in [1.29, 1.82) is 0 Å². The Morgan fingerprint density at radius 2 is 1.81 bits per heavy atom. The molecule has 0 bridgehead atoms. The van der Waals surface area contributed by atoms with Gasteiger partial charge in [-0.1, -0.05) is 20.8 Å². The van der Waals surface area contributed by atoms with Crippen LogP contribution in [-0.4, -0.2) is 12.6 Å². The van der Waals surface area contributed by atoms with E-state index >= 15 is 0 Å². The highest BCUT2D eigenvalue weighted by molar-refractivity contribution is 5.62. The van der Waals surface area contributed by atoms with Crippen molar-refractivity contribution in [3.63, 3.8) is 0 Å². The summed E-state index contributed by atoms with van der Waals surface area (Å²) in [5, 5.41) is 3.06. The van der Waals surface area contributed by atoms with Crippen LogP contribution < -0.4 is 20.9 Å². The fourth-order valence-corrected chi connectivity index (χ4v) is 1.22. The van der Waals surface area contributed by atoms with Gasteiger partial charge in [-0.25, -0.2) is 0 Å². The van der Waals surface area contributed by atoms with E-state index in [2.05, 4.69) is 26.1 Å². The predicted molar refractivity (Wildman–Crippen MR) is 65.1 cm³/mol. The topological polar surface area (TPSA) is 55.4 Å². The Bertz CT molecular complexity index is 436. The molecule has 0 radical (unpaired) electrons. The molecular weight excluding hydrogens is 206 g/mol. The van der Waals surface area contributed by atoms with Crippen molar-refractivity contribution >= 4 is 5.69 Å². The highest BCUT2D eigenvalue weighted by atomic mass is 16.5. The van der Waals surface area contributed by atoms with Crippen LogP contribution >= 0.6 is 0 Å². The van der Waals surface area contributed by atoms with E-state index < -0.39 is 10.9 Å². The zero-order valence-electron chi connectivity index (χ0n) is 10.5. The molecule has 0 fully saturated rings. The van der Waals surface area contributed by atoms with Crippen LogP contribution in [0.2, 0.25) is 0 Å². The lowest BCUT2D eigenvalue weighted by Crippen LogP contribution is -2.41. The average molecular weight is 225 g/mol. The highest BCUT2D eigenvalue weighted by Crippen LogP contribution is 2.25. The highest BCUT2D eigenvalue weighted by Gasteiger charge is 2.27. The lowest BCUT2D eigenvalue weighted by atomic mass is 9.88. The van der Waals surface area contributed by atoms with Crippen molar-refractivity contribution in [2.75, 3.05) is 11.9 Å². The van der Waals surface area contributed by atoms with Crippen LogP contribution in [0.4, 0.5) is 5.69 Å². The Labute approximate surface area is 95.3 Å². The lowest BCUT2D eigenvalue weighted by molar-refractivity contribution is 0.329. The summed E-state index contributed by atoms with van der Waals surface area (Å²) in [7, 11) is 0. The first-order valence-corrected chi connectivity index (χ1v) is 5.51. The van der Waals surface area contributed by atoms with Gasteiger partial charge < -0.3 is 10.1 Å². The fourth-order valence-electron chi connectivity index (χ4n) is 1.22. The van der Waals surface area contributed by atoms with Crippen molar-refractivity contribution in [3.05, 3.63) is 20.4 Å². The maximum Gasteiger partial charge on any atom is 0.272 e. The largest absolute Gasteiger partial charge is 0.488 e. The van der Waals surface area contributed by atoms with Crippen LogP contribution in [0.5, 0.6) is 5.75 Å². The average Bonchev–Trinajstić information content (AvgIpc) is 2.20. The maximum absolute atomic E-state index is 11.4. The van der Waals surface area contributed by atoms with Crippen molar-refractivity contribution in [2.45, 2.75) is 40.7 Å². The molecule has 0 aliphatic carbocycles. The van der Waals surface area contributed by atoms with Gasteiger partial charge in [0.1, 0.15) is 5.69 Å². The molecule has 90 valence electrons. The molecule has 1 N–H and O–H groups in total. The summed E-state index contributed by atoms with van der Waals surface area (Å²) >= 11 is 0. The standard InChI is InChI=1S/C12H19NO3/c1-6-16-11-8(9(14)10(11)15)13-7(2)12(3,4)5/h7,13H,6H2,1-5H3/t7-/m0/s1. The summed E-state index contributed by atoms with van der Waals surface area (Å²) in [6.07, 6.45) is 0. The van der Waals surface area contributed by atoms with Gasteiger partial charge in [-0.15, -0.1) is 0 Å². The van der Waals surface area contributed by atoms with Crippen LogP contribution in [0.15, 0.2) is 9.59 Å². The molecule has 0 heterocycles. The van der Waals surface area contributed by atoms with Gasteiger partial charge in [-0.05, 0) is 19.3 Å². The molecule has 1 rings (SSSR count). The van der Waals surface area contributed by atoms with E-state index in [1.54, 1.807) is 6.92 Å². The van der Waals surface area contributed by atoms with Gasteiger partial charge in [0, 0.05) is 6.04 Å². The molecule has 0 saturated heterocycles. The Kier molecular flexibility index (Phi) is 3.41. The fraction of sp³-hybridized carbons (Fsp3) is 0.667. The Hall–Kier alpha value is -1.32. The number of rotatable bonds is 4. The van der Waals surface area contributed by atoms with Crippen LogP contribution in [0.25, 0.3) is 0 Å². The Balaban J connectivity index is 2.87. The quantitative estimate of drug-likeness (QED) is 0.789. The molecule has 16 heavy (non-hydrogen) atoms. The third-order valence-corrected chi connectivity index (χ3v) is 2.82. The molecule has 4 nitrogen and oxygen atoms in total. The second kappa shape index (κ2) is 4.28. The number of nitrogens with one attached hydrogen (secondary N) is 1. The summed E-state index contributed by atoms with van der Waals surface area (Å²) in [5.74, 6) is 0.184. The molecule has 0 saturated carbocycles. The van der Waals surface area contributed by atoms with Crippen molar-refractivity contribution in [3.8, 4) is 5.75 Å². The van der Waals surface area contributed by atoms with E-state index in [0.29, 0.717) is 12.3 Å². The molecule has 1 aromatic carbocycles. The summed E-state index contributed by atoms with van der Waals surface area (Å²) in [6, 6.07) is 0.0926. The second-order valence-electron chi connectivity index (χ2n) is 5.03. The van der Waals surface area contributed by atoms with Gasteiger partial charge in [0.2, 0.25) is 0 Å². The summed E-state index contributed by atoms with van der Waals surface area (Å²) in [6.45, 7) is 10.4. The van der Waals surface area contributed by atoms with E-state index in [4.69, 9.17) is 4.74 Å². The zero-order valence-corrected chi connectivity index (χ0v) is 10.5. The normalized spacial score (nSPS) is 13.8. The van der Waals surface area contributed by atoms with E-state index in [-0.39, 0.29) is 17.2 Å². The SMILES string of the molecule is CCOc1c(N[C@@H](C)C(C)(C)C)c(=O)c1=O. The molecule has 1 atom stereocenters. The molecule has 0 aromatic heterocycles. The minimum Gasteiger partial charge on any atom is -0.488 e. The monoisotopic (exact) mass is 225 g/mol. The van der Waals surface area contributed by atoms with Crippen LogP contribution in [-0.2, 0) is 0 Å². The molecule has 4 heteroatoms. The van der Waals surface area contributed by atoms with E-state index in [1.807, 2.05) is 6.92 Å². The third kappa shape index (κ3) is 2.26. The smallest absolute Gasteiger partial charge is 0.272 e. The molecule has 0 aliphatic heterocycles. The van der Waals surface area contributed by atoms with E-state index in [1.165, 1.54) is 0 Å². The van der Waals surface area contributed by atoms with Crippen molar-refractivity contribution in [1.82, 2.24) is 0 Å². The molecule has 0 amide bonds. The van der Waals surface area contributed by atoms with Crippen LogP contribution in [0, 0.1) is 5.41 Å². The Morgan fingerprint density at radius 1 is 1.25 bits per heavy atom. The third-order valence-electron chi connectivity index (χ3n) is 2.82. The van der Waals surface area contributed by atoms with E-state index in [9.17, 15) is 9.59 Å². The summed E-state index contributed by atoms with van der Waals surface area (Å²) in [5.41, 5.74) is -0.650. The van der Waals surface area contributed by atoms with Gasteiger partial charge >= 0.3 is 0 Å². The van der Waals surface area contributed by atoms with Crippen molar-refractivity contribution in [2.24, 2.45) is 5.41 Å².